The van der Waals surface area contributed by atoms with E-state index in [0.29, 0.717) is 17.7 Å². The van der Waals surface area contributed by atoms with Gasteiger partial charge in [0, 0.05) is 36.0 Å². The summed E-state index contributed by atoms with van der Waals surface area (Å²) < 4.78 is 0. The molecule has 2 fully saturated rings. The van der Waals surface area contributed by atoms with Crippen LogP contribution in [0.3, 0.4) is 0 Å². The Labute approximate surface area is 119 Å². The molecule has 1 saturated carbocycles. The van der Waals surface area contributed by atoms with Crippen molar-refractivity contribution in [2.75, 3.05) is 6.54 Å². The Bertz CT molecular complexity index is 457. The number of likely N-dealkylation sites (tertiary alicyclic amines) is 1. The van der Waals surface area contributed by atoms with Crippen LogP contribution in [0.5, 0.6) is 0 Å². The van der Waals surface area contributed by atoms with Gasteiger partial charge in [-0.15, -0.1) is 11.3 Å². The molecule has 4 heteroatoms. The summed E-state index contributed by atoms with van der Waals surface area (Å²) >= 11 is 1.79. The lowest BCUT2D eigenvalue weighted by Gasteiger charge is -2.38. The molecule has 0 bridgehead atoms. The highest BCUT2D eigenvalue weighted by molar-refractivity contribution is 7.11. The minimum Gasteiger partial charge on any atom is -0.299 e. The number of thiazole rings is 1. The van der Waals surface area contributed by atoms with Crippen LogP contribution in [-0.4, -0.2) is 28.3 Å². The summed E-state index contributed by atoms with van der Waals surface area (Å²) in [5.74, 6) is 0.826. The van der Waals surface area contributed by atoms with Gasteiger partial charge in [0.15, 0.2) is 0 Å². The van der Waals surface area contributed by atoms with Crippen LogP contribution in [-0.2, 0) is 11.3 Å². The first kappa shape index (κ1) is 13.3. The summed E-state index contributed by atoms with van der Waals surface area (Å²) in [6.07, 6.45) is 8.79. The average Bonchev–Trinajstić information content (AvgIpc) is 2.99. The van der Waals surface area contributed by atoms with Crippen LogP contribution in [0, 0.1) is 12.8 Å². The van der Waals surface area contributed by atoms with Crippen molar-refractivity contribution in [2.45, 2.75) is 58.0 Å². The van der Waals surface area contributed by atoms with Crippen molar-refractivity contribution in [1.29, 1.82) is 0 Å². The monoisotopic (exact) mass is 278 g/mol. The smallest absolute Gasteiger partial charge is 0.137 e. The first-order valence-electron chi connectivity index (χ1n) is 7.42. The SMILES string of the molecule is Cc1ncc(CN2CCCCC2C2CCCC2=O)s1. The maximum Gasteiger partial charge on any atom is 0.137 e. The minimum absolute atomic E-state index is 0.314. The first-order valence-corrected chi connectivity index (χ1v) is 8.24. The lowest BCUT2D eigenvalue weighted by molar-refractivity contribution is -0.123. The number of piperidine rings is 1. The Balaban J connectivity index is 1.71. The molecule has 3 nitrogen and oxygen atoms in total. The molecule has 2 aliphatic rings. The van der Waals surface area contributed by atoms with E-state index in [-0.39, 0.29) is 0 Å². The number of aromatic nitrogens is 1. The maximum atomic E-state index is 12.0. The third kappa shape index (κ3) is 2.90. The molecule has 1 aromatic rings. The lowest BCUT2D eigenvalue weighted by Crippen LogP contribution is -2.44. The largest absolute Gasteiger partial charge is 0.299 e. The van der Waals surface area contributed by atoms with Crippen molar-refractivity contribution in [1.82, 2.24) is 9.88 Å². The van der Waals surface area contributed by atoms with E-state index in [4.69, 9.17) is 0 Å². The molecule has 3 rings (SSSR count). The van der Waals surface area contributed by atoms with Crippen molar-refractivity contribution in [3.05, 3.63) is 16.1 Å². The second kappa shape index (κ2) is 5.71. The van der Waals surface area contributed by atoms with Crippen LogP contribution in [0.15, 0.2) is 6.20 Å². The summed E-state index contributed by atoms with van der Waals surface area (Å²) in [5, 5.41) is 1.14. The summed E-state index contributed by atoms with van der Waals surface area (Å²) in [6.45, 7) is 4.19. The average molecular weight is 278 g/mol. The van der Waals surface area contributed by atoms with Gasteiger partial charge in [-0.1, -0.05) is 6.42 Å². The van der Waals surface area contributed by atoms with E-state index in [2.05, 4.69) is 16.8 Å². The van der Waals surface area contributed by atoms with Gasteiger partial charge in [0.05, 0.1) is 5.01 Å². The fourth-order valence-electron chi connectivity index (χ4n) is 3.60. The van der Waals surface area contributed by atoms with Crippen LogP contribution in [0.4, 0.5) is 0 Å². The third-order valence-corrected chi connectivity index (χ3v) is 5.41. The Morgan fingerprint density at radius 1 is 1.37 bits per heavy atom. The number of hydrogen-bond donors (Lipinski definition) is 0. The Hall–Kier alpha value is -0.740. The molecular formula is C15H22N2OS. The van der Waals surface area contributed by atoms with Gasteiger partial charge in [-0.2, -0.15) is 0 Å². The topological polar surface area (TPSA) is 33.2 Å². The minimum atomic E-state index is 0.314. The fraction of sp³-hybridized carbons (Fsp3) is 0.733. The number of carbonyl (C=O) groups excluding carboxylic acids is 1. The third-order valence-electron chi connectivity index (χ3n) is 4.51. The molecule has 0 amide bonds. The van der Waals surface area contributed by atoms with Crippen molar-refractivity contribution >= 4 is 17.1 Å². The predicted octanol–water partition coefficient (Wildman–Crippen LogP) is 3.18. The van der Waals surface area contributed by atoms with Crippen molar-refractivity contribution in [3.63, 3.8) is 0 Å². The quantitative estimate of drug-likeness (QED) is 0.851. The van der Waals surface area contributed by atoms with Crippen molar-refractivity contribution in [3.8, 4) is 0 Å². The van der Waals surface area contributed by atoms with E-state index >= 15 is 0 Å². The molecule has 1 aliphatic carbocycles. The fourth-order valence-corrected chi connectivity index (χ4v) is 4.42. The number of carbonyl (C=O) groups is 1. The zero-order valence-electron chi connectivity index (χ0n) is 11.6. The van der Waals surface area contributed by atoms with Gasteiger partial charge in [0.2, 0.25) is 0 Å². The number of Topliss-reactive ketones (excluding diaryl/α,β-unsaturated/α-hetero) is 1. The number of nitrogens with zero attached hydrogens (tertiary/aromatic N) is 2. The molecule has 1 aromatic heterocycles. The molecule has 104 valence electrons. The van der Waals surface area contributed by atoms with E-state index < -0.39 is 0 Å². The highest BCUT2D eigenvalue weighted by Crippen LogP contribution is 2.33. The first-order chi connectivity index (χ1) is 9.24. The number of hydrogen-bond acceptors (Lipinski definition) is 4. The molecule has 2 heterocycles. The van der Waals surface area contributed by atoms with E-state index in [0.717, 1.165) is 37.4 Å². The summed E-state index contributed by atoms with van der Waals surface area (Å²) in [6, 6.07) is 0.492. The molecular weight excluding hydrogens is 256 g/mol. The van der Waals surface area contributed by atoms with Gasteiger partial charge in [-0.25, -0.2) is 4.98 Å². The molecule has 2 atom stereocenters. The molecule has 0 aromatic carbocycles. The summed E-state index contributed by atoms with van der Waals surface area (Å²) in [7, 11) is 0. The molecule has 0 spiro atoms. The van der Waals surface area contributed by atoms with Crippen LogP contribution < -0.4 is 0 Å². The van der Waals surface area contributed by atoms with Crippen LogP contribution in [0.25, 0.3) is 0 Å². The lowest BCUT2D eigenvalue weighted by atomic mass is 9.88. The summed E-state index contributed by atoms with van der Waals surface area (Å²) in [5.41, 5.74) is 0. The Kier molecular flexibility index (Phi) is 3.99. The highest BCUT2D eigenvalue weighted by Gasteiger charge is 2.36. The van der Waals surface area contributed by atoms with Gasteiger partial charge in [0.25, 0.3) is 0 Å². The second-order valence-electron chi connectivity index (χ2n) is 5.84. The predicted molar refractivity (Wildman–Crippen MR) is 77.2 cm³/mol. The molecule has 1 aliphatic heterocycles. The molecule has 19 heavy (non-hydrogen) atoms. The molecule has 2 unspecified atom stereocenters. The van der Waals surface area contributed by atoms with Gasteiger partial charge >= 0.3 is 0 Å². The molecule has 0 radical (unpaired) electrons. The normalized spacial score (nSPS) is 29.0. The van der Waals surface area contributed by atoms with Gasteiger partial charge < -0.3 is 0 Å². The van der Waals surface area contributed by atoms with Crippen molar-refractivity contribution in [2.24, 2.45) is 5.92 Å². The van der Waals surface area contributed by atoms with Gasteiger partial charge in [-0.3, -0.25) is 9.69 Å². The van der Waals surface area contributed by atoms with E-state index in [1.165, 1.54) is 24.1 Å². The standard InChI is InChI=1S/C15H22N2OS/c1-11-16-9-12(19-11)10-17-8-3-2-6-14(17)13-5-4-7-15(13)18/h9,13-14H,2-8,10H2,1H3. The van der Waals surface area contributed by atoms with Gasteiger partial charge in [0.1, 0.15) is 5.78 Å². The van der Waals surface area contributed by atoms with Gasteiger partial charge in [-0.05, 0) is 39.2 Å². The Morgan fingerprint density at radius 2 is 2.26 bits per heavy atom. The van der Waals surface area contributed by atoms with E-state index in [9.17, 15) is 4.79 Å². The van der Waals surface area contributed by atoms with Crippen LogP contribution in [0.2, 0.25) is 0 Å². The van der Waals surface area contributed by atoms with E-state index in [1.807, 2.05) is 6.20 Å². The van der Waals surface area contributed by atoms with Crippen LogP contribution >= 0.6 is 11.3 Å². The maximum absolute atomic E-state index is 12.0. The molecule has 0 N–H and O–H groups in total. The number of aryl methyl sites for hydroxylation is 1. The number of ketones is 1. The number of rotatable bonds is 3. The van der Waals surface area contributed by atoms with Crippen molar-refractivity contribution < 1.29 is 4.79 Å². The Morgan fingerprint density at radius 3 is 2.95 bits per heavy atom. The van der Waals surface area contributed by atoms with Crippen LogP contribution in [0.1, 0.15) is 48.4 Å². The molecule has 1 saturated heterocycles. The highest BCUT2D eigenvalue weighted by atomic mass is 32.1. The summed E-state index contributed by atoms with van der Waals surface area (Å²) in [4.78, 5) is 20.3. The van der Waals surface area contributed by atoms with E-state index in [1.54, 1.807) is 11.3 Å². The second-order valence-corrected chi connectivity index (χ2v) is 7.16. The zero-order valence-corrected chi connectivity index (χ0v) is 12.4. The zero-order chi connectivity index (χ0) is 13.2.